The Labute approximate surface area is 220 Å². The van der Waals surface area contributed by atoms with Crippen LogP contribution in [0.25, 0.3) is 10.1 Å². The summed E-state index contributed by atoms with van der Waals surface area (Å²) in [4.78, 5) is 16.5. The molecule has 1 aliphatic rings. The molecule has 192 valence electrons. The number of fused-ring (bicyclic) bond motifs is 1. The lowest BCUT2D eigenvalue weighted by Gasteiger charge is -2.38. The molecular formula is C30H30FNO4S. The van der Waals surface area contributed by atoms with Crippen LogP contribution >= 0.6 is 11.3 Å². The number of phenolic OH excluding ortho intramolecular Hbond substituents is 1. The molecule has 0 atom stereocenters. The van der Waals surface area contributed by atoms with E-state index in [0.29, 0.717) is 28.4 Å². The minimum Gasteiger partial charge on any atom is -0.508 e. The molecule has 5 nitrogen and oxygen atoms in total. The van der Waals surface area contributed by atoms with Crippen LogP contribution in [0, 0.1) is 20.8 Å². The minimum atomic E-state index is -0.290. The average molecular weight is 520 g/mol. The molecule has 4 aromatic rings. The fourth-order valence-corrected chi connectivity index (χ4v) is 6.03. The molecule has 7 heteroatoms. The molecule has 0 amide bonds. The highest BCUT2D eigenvalue weighted by Crippen LogP contribution is 2.43. The lowest BCUT2D eigenvalue weighted by Crippen LogP contribution is -2.53. The number of alkyl halides is 1. The number of nitrogens with zero attached hydrogens (tertiary/aromatic N) is 1. The fraction of sp³-hybridized carbons (Fsp3) is 0.300. The van der Waals surface area contributed by atoms with Crippen LogP contribution in [0.1, 0.15) is 38.3 Å². The predicted octanol–water partition coefficient (Wildman–Crippen LogP) is 6.98. The summed E-state index contributed by atoms with van der Waals surface area (Å²) in [6, 6.07) is 16.4. The van der Waals surface area contributed by atoms with E-state index in [-0.39, 0.29) is 24.3 Å². The lowest BCUT2D eigenvalue weighted by atomic mass is 9.95. The molecule has 1 saturated heterocycles. The minimum absolute atomic E-state index is 0.0899. The summed E-state index contributed by atoms with van der Waals surface area (Å²) in [6.07, 6.45) is 0.661. The second kappa shape index (κ2) is 10.5. The molecule has 0 unspecified atom stereocenters. The standard InChI is InChI=1S/C30H30FNO4S/c1-18-13-19(2)27(20(3)14-18)28(34)30-29(25-10-5-21(33)15-26(25)37-30)36-23-8-6-22(7-9-23)35-24-16-32(17-24)12-4-11-31/h5-10,13-15,24,33H,4,11-12,16-17H2,1-3H3. The second-order valence-corrected chi connectivity index (χ2v) is 10.7. The zero-order valence-electron chi connectivity index (χ0n) is 21.2. The number of hydrogen-bond donors (Lipinski definition) is 1. The molecule has 3 aromatic carbocycles. The Morgan fingerprint density at radius 3 is 2.38 bits per heavy atom. The van der Waals surface area contributed by atoms with Crippen LogP contribution in [0.5, 0.6) is 23.0 Å². The van der Waals surface area contributed by atoms with Crippen LogP contribution < -0.4 is 9.47 Å². The first-order valence-corrected chi connectivity index (χ1v) is 13.2. The molecule has 0 radical (unpaired) electrons. The van der Waals surface area contributed by atoms with Crippen molar-refractivity contribution in [1.29, 1.82) is 0 Å². The predicted molar refractivity (Wildman–Crippen MR) is 146 cm³/mol. The zero-order chi connectivity index (χ0) is 26.1. The number of ether oxygens (including phenoxy) is 2. The Balaban J connectivity index is 1.39. The molecule has 5 rings (SSSR count). The first-order chi connectivity index (χ1) is 17.8. The number of aromatic hydroxyl groups is 1. The summed E-state index contributed by atoms with van der Waals surface area (Å²) in [7, 11) is 0. The maximum Gasteiger partial charge on any atom is 0.207 e. The number of ketones is 1. The smallest absolute Gasteiger partial charge is 0.207 e. The van der Waals surface area contributed by atoms with Crippen LogP contribution in [0.15, 0.2) is 54.6 Å². The molecule has 2 heterocycles. The van der Waals surface area contributed by atoms with Gasteiger partial charge in [-0.2, -0.15) is 0 Å². The third kappa shape index (κ3) is 5.33. The van der Waals surface area contributed by atoms with E-state index in [2.05, 4.69) is 4.90 Å². The SMILES string of the molecule is Cc1cc(C)c(C(=O)c2sc3cc(O)ccc3c2Oc2ccc(OC3CN(CCCF)C3)cc2)c(C)c1. The normalized spacial score (nSPS) is 14.1. The van der Waals surface area contributed by atoms with E-state index in [1.807, 2.05) is 57.2 Å². The lowest BCUT2D eigenvalue weighted by molar-refractivity contribution is 0.0184. The van der Waals surface area contributed by atoms with Gasteiger partial charge in [-0.1, -0.05) is 17.7 Å². The number of halogens is 1. The summed E-state index contributed by atoms with van der Waals surface area (Å²) < 4.78 is 25.5. The Bertz CT molecular complexity index is 1420. The summed E-state index contributed by atoms with van der Waals surface area (Å²) in [5, 5.41) is 10.8. The number of thiophene rings is 1. The van der Waals surface area contributed by atoms with E-state index in [1.54, 1.807) is 18.2 Å². The molecule has 0 saturated carbocycles. The van der Waals surface area contributed by atoms with E-state index in [4.69, 9.17) is 9.47 Å². The topological polar surface area (TPSA) is 59.0 Å². The number of benzene rings is 3. The highest BCUT2D eigenvalue weighted by Gasteiger charge is 2.28. The first kappa shape index (κ1) is 25.2. The number of phenols is 1. The fourth-order valence-electron chi connectivity index (χ4n) is 4.92. The Hall–Kier alpha value is -3.42. The van der Waals surface area contributed by atoms with Gasteiger partial charge in [-0.3, -0.25) is 14.1 Å². The van der Waals surface area contributed by atoms with Crippen molar-refractivity contribution in [3.8, 4) is 23.0 Å². The molecule has 0 spiro atoms. The van der Waals surface area contributed by atoms with Crippen LogP contribution in [0.2, 0.25) is 0 Å². The van der Waals surface area contributed by atoms with Gasteiger partial charge >= 0.3 is 0 Å². The van der Waals surface area contributed by atoms with Crippen LogP contribution in [0.4, 0.5) is 4.39 Å². The highest BCUT2D eigenvalue weighted by molar-refractivity contribution is 7.21. The van der Waals surface area contributed by atoms with E-state index in [9.17, 15) is 14.3 Å². The van der Waals surface area contributed by atoms with E-state index >= 15 is 0 Å². The van der Waals surface area contributed by atoms with Crippen molar-refractivity contribution >= 4 is 27.2 Å². The maximum atomic E-state index is 13.8. The first-order valence-electron chi connectivity index (χ1n) is 12.4. The number of likely N-dealkylation sites (tertiary alicyclic amines) is 1. The number of rotatable bonds is 9. The summed E-state index contributed by atoms with van der Waals surface area (Å²) in [5.41, 5.74) is 3.64. The van der Waals surface area contributed by atoms with Gasteiger partial charge < -0.3 is 14.6 Å². The molecule has 1 aliphatic heterocycles. The Morgan fingerprint density at radius 2 is 1.70 bits per heavy atom. The highest BCUT2D eigenvalue weighted by atomic mass is 32.1. The van der Waals surface area contributed by atoms with Gasteiger partial charge in [-0.05, 0) is 80.8 Å². The second-order valence-electron chi connectivity index (χ2n) is 9.66. The van der Waals surface area contributed by atoms with Crippen molar-refractivity contribution in [3.05, 3.63) is 81.7 Å². The van der Waals surface area contributed by atoms with Gasteiger partial charge in [0.15, 0.2) is 5.75 Å². The molecule has 1 N–H and O–H groups in total. The van der Waals surface area contributed by atoms with Gasteiger partial charge in [0.25, 0.3) is 0 Å². The van der Waals surface area contributed by atoms with Crippen molar-refractivity contribution in [2.45, 2.75) is 33.3 Å². The number of carbonyl (C=O) groups is 1. The van der Waals surface area contributed by atoms with Gasteiger partial charge in [0.1, 0.15) is 28.2 Å². The summed E-state index contributed by atoms with van der Waals surface area (Å²) in [5.74, 6) is 1.87. The number of aryl methyl sites for hydroxylation is 3. The third-order valence-corrected chi connectivity index (χ3v) is 7.75. The van der Waals surface area contributed by atoms with Gasteiger partial charge in [0.05, 0.1) is 6.67 Å². The van der Waals surface area contributed by atoms with Gasteiger partial charge in [-0.15, -0.1) is 11.3 Å². The Kier molecular flexibility index (Phi) is 7.17. The van der Waals surface area contributed by atoms with Crippen LogP contribution in [-0.2, 0) is 0 Å². The molecule has 1 aromatic heterocycles. The quantitative estimate of drug-likeness (QED) is 0.242. The van der Waals surface area contributed by atoms with Crippen LogP contribution in [0.3, 0.4) is 0 Å². The number of carbonyl (C=O) groups excluding carboxylic acids is 1. The van der Waals surface area contributed by atoms with Crippen molar-refractivity contribution in [1.82, 2.24) is 4.90 Å². The van der Waals surface area contributed by atoms with E-state index in [0.717, 1.165) is 52.2 Å². The van der Waals surface area contributed by atoms with Crippen molar-refractivity contribution < 1.29 is 23.8 Å². The molecule has 37 heavy (non-hydrogen) atoms. The van der Waals surface area contributed by atoms with Crippen molar-refractivity contribution in [2.75, 3.05) is 26.3 Å². The van der Waals surface area contributed by atoms with Crippen LogP contribution in [-0.4, -0.2) is 48.2 Å². The monoisotopic (exact) mass is 519 g/mol. The molecule has 0 bridgehead atoms. The number of hydrogen-bond acceptors (Lipinski definition) is 6. The summed E-state index contributed by atoms with van der Waals surface area (Å²) >= 11 is 1.32. The van der Waals surface area contributed by atoms with Gasteiger partial charge in [0.2, 0.25) is 5.78 Å². The average Bonchev–Trinajstić information content (AvgIpc) is 3.18. The van der Waals surface area contributed by atoms with E-state index in [1.165, 1.54) is 11.3 Å². The maximum absolute atomic E-state index is 13.8. The van der Waals surface area contributed by atoms with Gasteiger partial charge in [0, 0.05) is 35.3 Å². The largest absolute Gasteiger partial charge is 0.508 e. The van der Waals surface area contributed by atoms with Crippen molar-refractivity contribution in [2.24, 2.45) is 0 Å². The third-order valence-electron chi connectivity index (χ3n) is 6.62. The Morgan fingerprint density at radius 1 is 1.03 bits per heavy atom. The zero-order valence-corrected chi connectivity index (χ0v) is 22.0. The van der Waals surface area contributed by atoms with Gasteiger partial charge in [-0.25, -0.2) is 0 Å². The molecule has 0 aliphatic carbocycles. The molecular weight excluding hydrogens is 489 g/mol. The summed E-state index contributed by atoms with van der Waals surface area (Å²) in [6.45, 7) is 8.00. The van der Waals surface area contributed by atoms with E-state index < -0.39 is 0 Å². The van der Waals surface area contributed by atoms with Crippen molar-refractivity contribution in [3.63, 3.8) is 0 Å². The molecule has 1 fully saturated rings.